The molecular formula is C21H19N3O6. The Bertz CT molecular complexity index is 1200. The van der Waals surface area contributed by atoms with E-state index in [1.54, 1.807) is 38.1 Å². The Morgan fingerprint density at radius 3 is 2.40 bits per heavy atom. The molecule has 0 aliphatic carbocycles. The Morgan fingerprint density at radius 2 is 1.77 bits per heavy atom. The zero-order valence-corrected chi connectivity index (χ0v) is 16.5. The maximum atomic E-state index is 12.9. The standard InChI is InChI=1S/C21H19N3O6/c1-3-29-21(28)15-12(2)30-17-16(15)20(27)23(11-22-17)9-6-10-24-18(25)13-7-4-5-8-14(13)19(24)26/h4-5,7-8,11H,3,6,9-10H2,1-2H3. The fourth-order valence-corrected chi connectivity index (χ4v) is 3.59. The first-order valence-electron chi connectivity index (χ1n) is 9.55. The summed E-state index contributed by atoms with van der Waals surface area (Å²) in [5.74, 6) is -1.06. The molecule has 9 heteroatoms. The van der Waals surface area contributed by atoms with Crippen LogP contribution < -0.4 is 5.56 Å². The number of hydrogen-bond acceptors (Lipinski definition) is 7. The number of esters is 1. The normalized spacial score (nSPS) is 13.2. The van der Waals surface area contributed by atoms with E-state index < -0.39 is 11.5 Å². The summed E-state index contributed by atoms with van der Waals surface area (Å²) in [5.41, 5.74) is 0.463. The van der Waals surface area contributed by atoms with Gasteiger partial charge < -0.3 is 9.15 Å². The van der Waals surface area contributed by atoms with E-state index in [9.17, 15) is 19.2 Å². The Morgan fingerprint density at radius 1 is 1.10 bits per heavy atom. The maximum Gasteiger partial charge on any atom is 0.342 e. The van der Waals surface area contributed by atoms with E-state index in [4.69, 9.17) is 9.15 Å². The van der Waals surface area contributed by atoms with Crippen LogP contribution in [0.4, 0.5) is 0 Å². The van der Waals surface area contributed by atoms with Crippen LogP contribution in [-0.4, -0.2) is 45.4 Å². The molecule has 1 aliphatic rings. The summed E-state index contributed by atoms with van der Waals surface area (Å²) in [5, 5.41) is 0.0641. The molecule has 1 aliphatic heterocycles. The van der Waals surface area contributed by atoms with Gasteiger partial charge in [-0.25, -0.2) is 9.78 Å². The summed E-state index contributed by atoms with van der Waals surface area (Å²) >= 11 is 0. The van der Waals surface area contributed by atoms with Crippen molar-refractivity contribution < 1.29 is 23.5 Å². The van der Waals surface area contributed by atoms with Crippen LogP contribution in [0.3, 0.4) is 0 Å². The number of aryl methyl sites for hydroxylation is 2. The predicted molar refractivity (Wildman–Crippen MR) is 105 cm³/mol. The minimum atomic E-state index is -0.642. The Balaban J connectivity index is 1.54. The summed E-state index contributed by atoms with van der Waals surface area (Å²) in [6.45, 7) is 3.78. The number of amides is 2. The van der Waals surface area contributed by atoms with E-state index in [0.29, 0.717) is 17.5 Å². The molecule has 0 fully saturated rings. The molecule has 154 valence electrons. The van der Waals surface area contributed by atoms with Gasteiger partial charge in [0.2, 0.25) is 5.71 Å². The smallest absolute Gasteiger partial charge is 0.342 e. The number of nitrogens with zero attached hydrogens (tertiary/aromatic N) is 3. The van der Waals surface area contributed by atoms with Gasteiger partial charge in [-0.2, -0.15) is 0 Å². The minimum absolute atomic E-state index is 0.0641. The summed E-state index contributed by atoms with van der Waals surface area (Å²) in [7, 11) is 0. The first-order chi connectivity index (χ1) is 14.4. The molecule has 0 saturated carbocycles. The van der Waals surface area contributed by atoms with Crippen molar-refractivity contribution in [3.05, 3.63) is 63.4 Å². The molecule has 0 saturated heterocycles. The van der Waals surface area contributed by atoms with Crippen LogP contribution in [0.15, 0.2) is 39.8 Å². The lowest BCUT2D eigenvalue weighted by molar-refractivity contribution is 0.0525. The molecule has 3 aromatic rings. The van der Waals surface area contributed by atoms with Crippen LogP contribution in [0.1, 0.15) is 50.2 Å². The molecule has 2 aromatic heterocycles. The van der Waals surface area contributed by atoms with Gasteiger partial charge in [-0.15, -0.1) is 0 Å². The van der Waals surface area contributed by atoms with Crippen molar-refractivity contribution in [2.75, 3.05) is 13.2 Å². The molecule has 4 rings (SSSR count). The highest BCUT2D eigenvalue weighted by Gasteiger charge is 2.34. The highest BCUT2D eigenvalue weighted by Crippen LogP contribution is 2.23. The molecule has 1 aromatic carbocycles. The zero-order valence-electron chi connectivity index (χ0n) is 16.5. The first kappa shape index (κ1) is 19.6. The number of furan rings is 1. The molecule has 0 bridgehead atoms. The Hall–Kier alpha value is -3.75. The zero-order chi connectivity index (χ0) is 21.4. The summed E-state index contributed by atoms with van der Waals surface area (Å²) in [4.78, 5) is 55.3. The number of fused-ring (bicyclic) bond motifs is 2. The van der Waals surface area contributed by atoms with Gasteiger partial charge in [0.15, 0.2) is 0 Å². The van der Waals surface area contributed by atoms with Gasteiger partial charge in [-0.05, 0) is 32.4 Å². The van der Waals surface area contributed by atoms with Crippen molar-refractivity contribution in [2.24, 2.45) is 0 Å². The maximum absolute atomic E-state index is 12.9. The van der Waals surface area contributed by atoms with Crippen molar-refractivity contribution in [3.63, 3.8) is 0 Å². The van der Waals surface area contributed by atoms with Crippen LogP contribution in [0.25, 0.3) is 11.1 Å². The van der Waals surface area contributed by atoms with Gasteiger partial charge in [0.1, 0.15) is 23.0 Å². The van der Waals surface area contributed by atoms with E-state index >= 15 is 0 Å². The van der Waals surface area contributed by atoms with E-state index in [-0.39, 0.29) is 53.9 Å². The fourth-order valence-electron chi connectivity index (χ4n) is 3.59. The molecule has 9 nitrogen and oxygen atoms in total. The third-order valence-corrected chi connectivity index (χ3v) is 4.99. The van der Waals surface area contributed by atoms with Crippen LogP contribution in [0.5, 0.6) is 0 Å². The SMILES string of the molecule is CCOC(=O)c1c(C)oc2ncn(CCCN3C(=O)c4ccccc4C3=O)c(=O)c12. The van der Waals surface area contributed by atoms with Crippen molar-refractivity contribution in [1.82, 2.24) is 14.5 Å². The van der Waals surface area contributed by atoms with E-state index in [0.717, 1.165) is 0 Å². The van der Waals surface area contributed by atoms with Gasteiger partial charge in [0.25, 0.3) is 17.4 Å². The largest absolute Gasteiger partial charge is 0.462 e. The number of ether oxygens (including phenoxy) is 1. The predicted octanol–water partition coefficient (Wildman–Crippen LogP) is 2.16. The summed E-state index contributed by atoms with van der Waals surface area (Å²) in [6.07, 6.45) is 1.68. The van der Waals surface area contributed by atoms with E-state index in [1.165, 1.54) is 15.8 Å². The average Bonchev–Trinajstić information content (AvgIpc) is 3.19. The lowest BCUT2D eigenvalue weighted by atomic mass is 10.1. The van der Waals surface area contributed by atoms with Gasteiger partial charge in [0, 0.05) is 13.1 Å². The number of hydrogen-bond donors (Lipinski definition) is 0. The van der Waals surface area contributed by atoms with Crippen molar-refractivity contribution >= 4 is 28.9 Å². The lowest BCUT2D eigenvalue weighted by Gasteiger charge is -2.14. The molecule has 0 radical (unpaired) electrons. The van der Waals surface area contributed by atoms with E-state index in [1.807, 2.05) is 0 Å². The number of imide groups is 1. The molecule has 0 unspecified atom stereocenters. The van der Waals surface area contributed by atoms with Crippen molar-refractivity contribution in [1.29, 1.82) is 0 Å². The quantitative estimate of drug-likeness (QED) is 0.453. The van der Waals surface area contributed by atoms with Crippen molar-refractivity contribution in [2.45, 2.75) is 26.8 Å². The highest BCUT2D eigenvalue weighted by atomic mass is 16.5. The van der Waals surface area contributed by atoms with Gasteiger partial charge in [-0.1, -0.05) is 12.1 Å². The van der Waals surface area contributed by atoms with Gasteiger partial charge >= 0.3 is 5.97 Å². The second-order valence-electron chi connectivity index (χ2n) is 6.84. The minimum Gasteiger partial charge on any atom is -0.462 e. The molecule has 2 amide bonds. The fraction of sp³-hybridized carbons (Fsp3) is 0.286. The topological polar surface area (TPSA) is 112 Å². The number of benzene rings is 1. The van der Waals surface area contributed by atoms with Crippen molar-refractivity contribution in [3.8, 4) is 0 Å². The molecule has 0 N–H and O–H groups in total. The third-order valence-electron chi connectivity index (χ3n) is 4.99. The van der Waals surface area contributed by atoms with Crippen LogP contribution in [0, 0.1) is 6.92 Å². The third kappa shape index (κ3) is 3.08. The number of rotatable bonds is 6. The second kappa shape index (κ2) is 7.58. The molecule has 30 heavy (non-hydrogen) atoms. The number of carbonyl (C=O) groups excluding carboxylic acids is 3. The van der Waals surface area contributed by atoms with Gasteiger partial charge in [-0.3, -0.25) is 23.9 Å². The second-order valence-corrected chi connectivity index (χ2v) is 6.84. The van der Waals surface area contributed by atoms with Crippen LogP contribution >= 0.6 is 0 Å². The monoisotopic (exact) mass is 409 g/mol. The lowest BCUT2D eigenvalue weighted by Crippen LogP contribution is -2.32. The molecule has 0 atom stereocenters. The summed E-state index contributed by atoms with van der Waals surface area (Å²) < 4.78 is 11.8. The average molecular weight is 409 g/mol. The Labute approximate surface area is 170 Å². The summed E-state index contributed by atoms with van der Waals surface area (Å²) in [6, 6.07) is 6.66. The number of aromatic nitrogens is 2. The molecule has 0 spiro atoms. The molecule has 3 heterocycles. The Kier molecular flexibility index (Phi) is 4.94. The van der Waals surface area contributed by atoms with Crippen LogP contribution in [0.2, 0.25) is 0 Å². The highest BCUT2D eigenvalue weighted by molar-refractivity contribution is 6.21. The number of carbonyl (C=O) groups is 3. The molecular weight excluding hydrogens is 390 g/mol. The van der Waals surface area contributed by atoms with E-state index in [2.05, 4.69) is 4.98 Å². The van der Waals surface area contributed by atoms with Crippen LogP contribution in [-0.2, 0) is 11.3 Å². The van der Waals surface area contributed by atoms with Gasteiger partial charge in [0.05, 0.1) is 17.7 Å². The first-order valence-corrected chi connectivity index (χ1v) is 9.55.